The number of hydrogen-bond donors (Lipinski definition) is 1. The summed E-state index contributed by atoms with van der Waals surface area (Å²) in [6.07, 6.45) is 2.92. The van der Waals surface area contributed by atoms with Crippen LogP contribution in [0.3, 0.4) is 0 Å². The molecule has 4 nitrogen and oxygen atoms in total. The summed E-state index contributed by atoms with van der Waals surface area (Å²) in [4.78, 5) is 0. The van der Waals surface area contributed by atoms with E-state index in [0.29, 0.717) is 0 Å². The zero-order chi connectivity index (χ0) is 14.5. The molecule has 0 aliphatic heterocycles. The normalized spacial score (nSPS) is 12.4. The average molecular weight is 338 g/mol. The zero-order valence-corrected chi connectivity index (χ0v) is 13.6. The second kappa shape index (κ2) is 6.90. The largest absolute Gasteiger partial charge is 0.496 e. The summed E-state index contributed by atoms with van der Waals surface area (Å²) in [5, 5.41) is 7.84. The third-order valence-electron chi connectivity index (χ3n) is 3.26. The summed E-state index contributed by atoms with van der Waals surface area (Å²) in [5.41, 5.74) is 2.34. The molecule has 0 amide bonds. The van der Waals surface area contributed by atoms with Crippen molar-refractivity contribution < 1.29 is 4.74 Å². The molecule has 0 fully saturated rings. The highest BCUT2D eigenvalue weighted by Gasteiger charge is 2.17. The van der Waals surface area contributed by atoms with E-state index in [9.17, 15) is 0 Å². The molecule has 0 aliphatic carbocycles. The van der Waals surface area contributed by atoms with E-state index in [4.69, 9.17) is 4.74 Å². The first-order valence-corrected chi connectivity index (χ1v) is 7.51. The van der Waals surface area contributed by atoms with Crippen LogP contribution in [0.1, 0.15) is 30.6 Å². The molecule has 0 saturated heterocycles. The second-order valence-electron chi connectivity index (χ2n) is 4.66. The fraction of sp³-hybridized carbons (Fsp3) is 0.400. The fourth-order valence-electron chi connectivity index (χ4n) is 2.21. The first-order chi connectivity index (χ1) is 9.67. The van der Waals surface area contributed by atoms with Gasteiger partial charge in [-0.05, 0) is 52.7 Å². The summed E-state index contributed by atoms with van der Waals surface area (Å²) in [6.45, 7) is 3.12. The quantitative estimate of drug-likeness (QED) is 0.879. The molecule has 0 bridgehead atoms. The minimum Gasteiger partial charge on any atom is -0.496 e. The van der Waals surface area contributed by atoms with Gasteiger partial charge in [-0.15, -0.1) is 0 Å². The van der Waals surface area contributed by atoms with Crippen LogP contribution in [0.4, 0.5) is 0 Å². The molecule has 0 radical (unpaired) electrons. The lowest BCUT2D eigenvalue weighted by Gasteiger charge is -2.20. The van der Waals surface area contributed by atoms with Crippen LogP contribution in [0.25, 0.3) is 0 Å². The van der Waals surface area contributed by atoms with Crippen LogP contribution in [0, 0.1) is 0 Å². The van der Waals surface area contributed by atoms with Crippen molar-refractivity contribution in [1.29, 1.82) is 0 Å². The van der Waals surface area contributed by atoms with Crippen LogP contribution in [-0.2, 0) is 7.05 Å². The molecule has 1 heterocycles. The third-order valence-corrected chi connectivity index (χ3v) is 3.88. The molecule has 0 saturated carbocycles. The van der Waals surface area contributed by atoms with Gasteiger partial charge in [0.15, 0.2) is 0 Å². The lowest BCUT2D eigenvalue weighted by Crippen LogP contribution is -2.25. The summed E-state index contributed by atoms with van der Waals surface area (Å²) in [7, 11) is 3.64. The monoisotopic (exact) mass is 337 g/mol. The lowest BCUT2D eigenvalue weighted by atomic mass is 10.0. The summed E-state index contributed by atoms with van der Waals surface area (Å²) >= 11 is 3.55. The minimum atomic E-state index is 0.129. The van der Waals surface area contributed by atoms with E-state index >= 15 is 0 Å². The number of hydrogen-bond acceptors (Lipinski definition) is 3. The molecule has 0 aliphatic rings. The van der Waals surface area contributed by atoms with Gasteiger partial charge in [0.2, 0.25) is 0 Å². The number of methoxy groups -OCH3 is 1. The van der Waals surface area contributed by atoms with Gasteiger partial charge in [-0.25, -0.2) is 0 Å². The SMILES string of the molecule is CCCNC(c1ccc(OC)c(Br)c1)c1ccnn1C. The maximum Gasteiger partial charge on any atom is 0.133 e. The van der Waals surface area contributed by atoms with Gasteiger partial charge in [-0.2, -0.15) is 5.10 Å². The van der Waals surface area contributed by atoms with E-state index in [-0.39, 0.29) is 6.04 Å². The number of ether oxygens (including phenoxy) is 1. The molecule has 1 unspecified atom stereocenters. The van der Waals surface area contributed by atoms with Gasteiger partial charge in [-0.3, -0.25) is 4.68 Å². The molecular weight excluding hydrogens is 318 g/mol. The van der Waals surface area contributed by atoms with Crippen LogP contribution in [-0.4, -0.2) is 23.4 Å². The van der Waals surface area contributed by atoms with Crippen LogP contribution < -0.4 is 10.1 Å². The van der Waals surface area contributed by atoms with Gasteiger partial charge >= 0.3 is 0 Å². The summed E-state index contributed by atoms with van der Waals surface area (Å²) in [5.74, 6) is 0.841. The Morgan fingerprint density at radius 3 is 2.75 bits per heavy atom. The second-order valence-corrected chi connectivity index (χ2v) is 5.52. The van der Waals surface area contributed by atoms with Crippen molar-refractivity contribution in [3.63, 3.8) is 0 Å². The molecule has 1 atom stereocenters. The molecule has 108 valence electrons. The Morgan fingerprint density at radius 2 is 2.20 bits per heavy atom. The highest BCUT2D eigenvalue weighted by Crippen LogP contribution is 2.30. The number of rotatable bonds is 6. The molecule has 2 aromatic rings. The fourth-order valence-corrected chi connectivity index (χ4v) is 2.77. The molecule has 1 aromatic carbocycles. The highest BCUT2D eigenvalue weighted by molar-refractivity contribution is 9.10. The van der Waals surface area contributed by atoms with Gasteiger partial charge in [-0.1, -0.05) is 13.0 Å². The molecule has 0 spiro atoms. The standard InChI is InChI=1S/C15H20BrN3O/c1-4-8-17-15(13-7-9-18-19(13)2)11-5-6-14(20-3)12(16)10-11/h5-7,9-10,15,17H,4,8H2,1-3H3. The number of halogens is 1. The molecular formula is C15H20BrN3O. The topological polar surface area (TPSA) is 39.1 Å². The average Bonchev–Trinajstić information content (AvgIpc) is 2.86. The Kier molecular flexibility index (Phi) is 5.20. The number of nitrogens with zero attached hydrogens (tertiary/aromatic N) is 2. The summed E-state index contributed by atoms with van der Waals surface area (Å²) < 4.78 is 8.16. The van der Waals surface area contributed by atoms with Crippen LogP contribution in [0.2, 0.25) is 0 Å². The van der Waals surface area contributed by atoms with Gasteiger partial charge in [0.1, 0.15) is 5.75 Å². The lowest BCUT2D eigenvalue weighted by molar-refractivity contribution is 0.411. The van der Waals surface area contributed by atoms with Crippen molar-refractivity contribution in [2.75, 3.05) is 13.7 Å². The van der Waals surface area contributed by atoms with Crippen molar-refractivity contribution >= 4 is 15.9 Å². The highest BCUT2D eigenvalue weighted by atomic mass is 79.9. The zero-order valence-electron chi connectivity index (χ0n) is 12.1. The molecule has 20 heavy (non-hydrogen) atoms. The van der Waals surface area contributed by atoms with Crippen molar-refractivity contribution in [3.8, 4) is 5.75 Å². The molecule has 5 heteroatoms. The van der Waals surface area contributed by atoms with E-state index in [1.54, 1.807) is 7.11 Å². The third kappa shape index (κ3) is 3.22. The predicted molar refractivity (Wildman–Crippen MR) is 84.0 cm³/mol. The van der Waals surface area contributed by atoms with E-state index in [1.165, 1.54) is 5.56 Å². The Labute approximate surface area is 128 Å². The first-order valence-electron chi connectivity index (χ1n) is 6.72. The van der Waals surface area contributed by atoms with E-state index < -0.39 is 0 Å². The van der Waals surface area contributed by atoms with Gasteiger partial charge in [0.05, 0.1) is 23.3 Å². The van der Waals surface area contributed by atoms with E-state index in [2.05, 4.69) is 45.4 Å². The minimum absolute atomic E-state index is 0.129. The van der Waals surface area contributed by atoms with E-state index in [1.807, 2.05) is 30.1 Å². The van der Waals surface area contributed by atoms with Crippen molar-refractivity contribution in [2.24, 2.45) is 7.05 Å². The first kappa shape index (κ1) is 15.1. The summed E-state index contributed by atoms with van der Waals surface area (Å²) in [6, 6.07) is 8.34. The predicted octanol–water partition coefficient (Wildman–Crippen LogP) is 3.28. The van der Waals surface area contributed by atoms with Crippen LogP contribution in [0.5, 0.6) is 5.75 Å². The van der Waals surface area contributed by atoms with Gasteiger partial charge in [0, 0.05) is 13.2 Å². The maximum absolute atomic E-state index is 5.29. The number of benzene rings is 1. The molecule has 1 N–H and O–H groups in total. The van der Waals surface area contributed by atoms with Crippen LogP contribution in [0.15, 0.2) is 34.9 Å². The van der Waals surface area contributed by atoms with Crippen molar-refractivity contribution in [3.05, 3.63) is 46.2 Å². The Hall–Kier alpha value is -1.33. The molecule has 1 aromatic heterocycles. The number of aromatic nitrogens is 2. The maximum atomic E-state index is 5.29. The van der Waals surface area contributed by atoms with Crippen molar-refractivity contribution in [2.45, 2.75) is 19.4 Å². The number of aryl methyl sites for hydroxylation is 1. The van der Waals surface area contributed by atoms with E-state index in [0.717, 1.165) is 28.9 Å². The Morgan fingerprint density at radius 1 is 1.40 bits per heavy atom. The molecule has 2 rings (SSSR count). The Balaban J connectivity index is 2.36. The van der Waals surface area contributed by atoms with Crippen molar-refractivity contribution in [1.82, 2.24) is 15.1 Å². The Bertz CT molecular complexity index is 568. The number of nitrogens with one attached hydrogen (secondary N) is 1. The van der Waals surface area contributed by atoms with Gasteiger partial charge < -0.3 is 10.1 Å². The van der Waals surface area contributed by atoms with Gasteiger partial charge in [0.25, 0.3) is 0 Å². The smallest absolute Gasteiger partial charge is 0.133 e. The van der Waals surface area contributed by atoms with Crippen LogP contribution >= 0.6 is 15.9 Å².